The molecule has 2 aliphatic rings. The van der Waals surface area contributed by atoms with Crippen molar-refractivity contribution < 1.29 is 19.7 Å². The number of aliphatic hydroxyl groups is 1. The third kappa shape index (κ3) is 8.33. The van der Waals surface area contributed by atoms with E-state index in [0.29, 0.717) is 49.5 Å². The van der Waals surface area contributed by atoms with Gasteiger partial charge in [0.2, 0.25) is 0 Å². The van der Waals surface area contributed by atoms with E-state index >= 15 is 0 Å². The van der Waals surface area contributed by atoms with Crippen molar-refractivity contribution in [1.29, 1.82) is 0 Å². The van der Waals surface area contributed by atoms with Gasteiger partial charge in [0.05, 0.1) is 17.3 Å². The summed E-state index contributed by atoms with van der Waals surface area (Å²) in [6.07, 6.45) is 16.5. The maximum atomic E-state index is 10.8. The number of carbonyl (C=O) groups is 1. The lowest BCUT2D eigenvalue weighted by Crippen LogP contribution is -2.47. The zero-order valence-electron chi connectivity index (χ0n) is 21.4. The lowest BCUT2D eigenvalue weighted by molar-refractivity contribution is -0.311. The van der Waals surface area contributed by atoms with Gasteiger partial charge in [-0.3, -0.25) is 0 Å². The Balaban J connectivity index is 1.69. The van der Waals surface area contributed by atoms with E-state index in [-0.39, 0.29) is 5.60 Å². The molecule has 0 aromatic carbocycles. The van der Waals surface area contributed by atoms with Gasteiger partial charge < -0.3 is 19.7 Å². The van der Waals surface area contributed by atoms with Crippen molar-refractivity contribution in [1.82, 2.24) is 0 Å². The molecule has 2 rings (SSSR count). The molecule has 0 aromatic rings. The maximum Gasteiger partial charge on any atom is 0.0676 e. The average Bonchev–Trinajstić information content (AvgIpc) is 2.70. The summed E-state index contributed by atoms with van der Waals surface area (Å²) in [5.41, 5.74) is 0.628. The Morgan fingerprint density at radius 2 is 2.03 bits per heavy atom. The van der Waals surface area contributed by atoms with E-state index in [1.165, 1.54) is 12.0 Å². The van der Waals surface area contributed by atoms with E-state index in [9.17, 15) is 15.0 Å². The summed E-state index contributed by atoms with van der Waals surface area (Å²) in [6.45, 7) is 12.6. The van der Waals surface area contributed by atoms with Crippen LogP contribution in [0.2, 0.25) is 0 Å². The SMILES string of the molecule is C/C(=C\CCC(C)(O)CCCC(C)C(=O)[O-])CCCC1(C)CCC2C=CC(C)C(C)C2O1. The first-order valence-electron chi connectivity index (χ1n) is 12.9. The first-order chi connectivity index (χ1) is 14.9. The van der Waals surface area contributed by atoms with E-state index in [1.807, 2.05) is 6.92 Å². The van der Waals surface area contributed by atoms with Gasteiger partial charge in [0.25, 0.3) is 0 Å². The van der Waals surface area contributed by atoms with Crippen molar-refractivity contribution in [2.45, 2.75) is 123 Å². The number of ether oxygens (including phenoxy) is 1. The number of rotatable bonds is 12. The number of hydrogen-bond acceptors (Lipinski definition) is 4. The first-order valence-corrected chi connectivity index (χ1v) is 12.9. The molecular formula is C28H47O4-. The topological polar surface area (TPSA) is 69.6 Å². The molecule has 4 nitrogen and oxygen atoms in total. The Morgan fingerprint density at radius 1 is 1.31 bits per heavy atom. The quantitative estimate of drug-likeness (QED) is 0.396. The molecular weight excluding hydrogens is 400 g/mol. The molecule has 4 heteroatoms. The average molecular weight is 448 g/mol. The molecule has 7 unspecified atom stereocenters. The molecule has 1 heterocycles. The molecule has 0 saturated carbocycles. The fourth-order valence-corrected chi connectivity index (χ4v) is 5.30. The summed E-state index contributed by atoms with van der Waals surface area (Å²) in [7, 11) is 0. The van der Waals surface area contributed by atoms with Crippen LogP contribution in [0.1, 0.15) is 106 Å². The Hall–Kier alpha value is -1.13. The van der Waals surface area contributed by atoms with Crippen LogP contribution in [0.15, 0.2) is 23.8 Å². The van der Waals surface area contributed by atoms with Crippen LogP contribution in [0.3, 0.4) is 0 Å². The predicted octanol–water partition coefficient (Wildman–Crippen LogP) is 5.59. The van der Waals surface area contributed by atoms with Crippen LogP contribution in [0, 0.1) is 23.7 Å². The highest BCUT2D eigenvalue weighted by Gasteiger charge is 2.42. The van der Waals surface area contributed by atoms with Crippen LogP contribution in [-0.2, 0) is 9.53 Å². The Morgan fingerprint density at radius 3 is 2.72 bits per heavy atom. The number of carbonyl (C=O) groups excluding carboxylic acids is 1. The van der Waals surface area contributed by atoms with Crippen LogP contribution in [0.5, 0.6) is 0 Å². The third-order valence-electron chi connectivity index (χ3n) is 8.07. The zero-order valence-corrected chi connectivity index (χ0v) is 21.4. The van der Waals surface area contributed by atoms with E-state index in [0.717, 1.165) is 32.1 Å². The van der Waals surface area contributed by atoms with Crippen LogP contribution in [0.4, 0.5) is 0 Å². The number of allylic oxidation sites excluding steroid dienone is 3. The van der Waals surface area contributed by atoms with Crippen molar-refractivity contribution in [3.05, 3.63) is 23.8 Å². The van der Waals surface area contributed by atoms with E-state index in [1.54, 1.807) is 6.92 Å². The normalized spacial score (nSPS) is 33.4. The van der Waals surface area contributed by atoms with E-state index < -0.39 is 17.5 Å². The van der Waals surface area contributed by atoms with Crippen molar-refractivity contribution in [2.24, 2.45) is 23.7 Å². The van der Waals surface area contributed by atoms with Crippen LogP contribution >= 0.6 is 0 Å². The highest BCUT2D eigenvalue weighted by Crippen LogP contribution is 2.43. The summed E-state index contributed by atoms with van der Waals surface area (Å²) in [5.74, 6) is 0.319. The second kappa shape index (κ2) is 11.8. The smallest absolute Gasteiger partial charge is 0.0676 e. The second-order valence-corrected chi connectivity index (χ2v) is 11.4. The fourth-order valence-electron chi connectivity index (χ4n) is 5.30. The molecule has 0 spiro atoms. The summed E-state index contributed by atoms with van der Waals surface area (Å²) < 4.78 is 6.69. The van der Waals surface area contributed by atoms with Gasteiger partial charge in [0, 0.05) is 11.9 Å². The van der Waals surface area contributed by atoms with Gasteiger partial charge in [-0.05, 0) is 103 Å². The third-order valence-corrected chi connectivity index (χ3v) is 8.07. The summed E-state index contributed by atoms with van der Waals surface area (Å²) in [4.78, 5) is 10.8. The van der Waals surface area contributed by atoms with Crippen molar-refractivity contribution in [2.75, 3.05) is 0 Å². The Bertz CT molecular complexity index is 664. The van der Waals surface area contributed by atoms with Gasteiger partial charge >= 0.3 is 0 Å². The lowest BCUT2D eigenvalue weighted by Gasteiger charge is -2.47. The Kier molecular flexibility index (Phi) is 10.0. The molecule has 0 amide bonds. The fraction of sp³-hybridized carbons (Fsp3) is 0.821. The molecule has 0 radical (unpaired) electrons. The summed E-state index contributed by atoms with van der Waals surface area (Å²) in [5, 5.41) is 21.4. The highest BCUT2D eigenvalue weighted by atomic mass is 16.5. The molecule has 184 valence electrons. The number of aliphatic carboxylic acids is 1. The van der Waals surface area contributed by atoms with Gasteiger partial charge in [-0.25, -0.2) is 0 Å². The highest BCUT2D eigenvalue weighted by molar-refractivity contribution is 5.66. The molecule has 32 heavy (non-hydrogen) atoms. The van der Waals surface area contributed by atoms with Crippen LogP contribution in [0.25, 0.3) is 0 Å². The van der Waals surface area contributed by atoms with Gasteiger partial charge in [-0.1, -0.05) is 44.6 Å². The molecule has 1 fully saturated rings. The van der Waals surface area contributed by atoms with Crippen molar-refractivity contribution in [3.8, 4) is 0 Å². The van der Waals surface area contributed by atoms with Crippen molar-refractivity contribution >= 4 is 5.97 Å². The van der Waals surface area contributed by atoms with Gasteiger partial charge in [-0.2, -0.15) is 0 Å². The molecule has 1 aliphatic carbocycles. The molecule has 0 aromatic heterocycles. The van der Waals surface area contributed by atoms with E-state index in [2.05, 4.69) is 45.9 Å². The minimum Gasteiger partial charge on any atom is -0.550 e. The van der Waals surface area contributed by atoms with Crippen molar-refractivity contribution in [3.63, 3.8) is 0 Å². The van der Waals surface area contributed by atoms with Gasteiger partial charge in [-0.15, -0.1) is 0 Å². The minimum atomic E-state index is -1.00. The zero-order chi connectivity index (χ0) is 23.9. The summed E-state index contributed by atoms with van der Waals surface area (Å²) in [6, 6.07) is 0. The Labute approximate surface area is 196 Å². The van der Waals surface area contributed by atoms with E-state index in [4.69, 9.17) is 4.74 Å². The summed E-state index contributed by atoms with van der Waals surface area (Å²) >= 11 is 0. The number of carboxylic acid groups (broad SMARTS) is 1. The second-order valence-electron chi connectivity index (χ2n) is 11.4. The lowest BCUT2D eigenvalue weighted by atomic mass is 9.72. The van der Waals surface area contributed by atoms with Gasteiger partial charge in [0.15, 0.2) is 0 Å². The first kappa shape index (κ1) is 27.1. The number of carboxylic acids is 1. The van der Waals surface area contributed by atoms with Crippen LogP contribution < -0.4 is 5.11 Å². The largest absolute Gasteiger partial charge is 0.550 e. The molecule has 0 bridgehead atoms. The molecule has 1 N–H and O–H groups in total. The van der Waals surface area contributed by atoms with Crippen LogP contribution in [-0.4, -0.2) is 28.4 Å². The standard InChI is InChI=1S/C28H48O4/c1-20(10-7-16-27(5,31)17-9-12-22(3)26(29)30)11-8-18-28(6)19-15-24-14-13-21(2)23(4)25(24)32-28/h10,13-14,21-25,31H,7-9,11-12,15-19H2,1-6H3,(H,29,30)/p-1/b20-10+. The number of hydrogen-bond donors (Lipinski definition) is 1. The number of fused-ring (bicyclic) bond motifs is 1. The molecule has 1 saturated heterocycles. The molecule has 1 aliphatic heterocycles. The molecule has 7 atom stereocenters. The predicted molar refractivity (Wildman–Crippen MR) is 129 cm³/mol. The maximum absolute atomic E-state index is 10.8. The van der Waals surface area contributed by atoms with Gasteiger partial charge in [0.1, 0.15) is 0 Å². The minimum absolute atomic E-state index is 0.00706. The monoisotopic (exact) mass is 447 g/mol.